The fourth-order valence-corrected chi connectivity index (χ4v) is 3.62. The van der Waals surface area contributed by atoms with Crippen LogP contribution in [0.15, 0.2) is 42.5 Å². The second kappa shape index (κ2) is 8.85. The summed E-state index contributed by atoms with van der Waals surface area (Å²) in [5, 5.41) is 0. The molecule has 0 unspecified atom stereocenters. The summed E-state index contributed by atoms with van der Waals surface area (Å²) < 4.78 is 11.0. The number of ether oxygens (including phenoxy) is 2. The second-order valence-corrected chi connectivity index (χ2v) is 7.36. The first kappa shape index (κ1) is 19.2. The van der Waals surface area contributed by atoms with E-state index in [1.807, 2.05) is 19.9 Å². The lowest BCUT2D eigenvalue weighted by atomic mass is 9.90. The topological polar surface area (TPSA) is 52.6 Å². The van der Waals surface area contributed by atoms with E-state index in [1.165, 1.54) is 19.3 Å². The van der Waals surface area contributed by atoms with Crippen LogP contribution in [-0.4, -0.2) is 18.5 Å². The monoisotopic (exact) mass is 366 g/mol. The summed E-state index contributed by atoms with van der Waals surface area (Å²) in [4.78, 5) is 25.2. The zero-order chi connectivity index (χ0) is 19.2. The van der Waals surface area contributed by atoms with Crippen LogP contribution in [0.5, 0.6) is 5.75 Å². The molecular weight excluding hydrogens is 340 g/mol. The quantitative estimate of drug-likeness (QED) is 0.535. The Balaban J connectivity index is 1.70. The van der Waals surface area contributed by atoms with Crippen LogP contribution in [-0.2, 0) is 4.74 Å². The second-order valence-electron chi connectivity index (χ2n) is 7.36. The van der Waals surface area contributed by atoms with Gasteiger partial charge in [0.2, 0.25) is 0 Å². The first-order valence-electron chi connectivity index (χ1n) is 9.59. The summed E-state index contributed by atoms with van der Waals surface area (Å²) >= 11 is 0. The highest BCUT2D eigenvalue weighted by atomic mass is 16.5. The Morgan fingerprint density at radius 1 is 0.889 bits per heavy atom. The van der Waals surface area contributed by atoms with Crippen molar-refractivity contribution >= 4 is 11.9 Å². The predicted molar refractivity (Wildman–Crippen MR) is 104 cm³/mol. The SMILES string of the molecule is Cc1cc(C)cc(OC(=O)c2ccccc2C(=O)OCC2CCCCC2)c1. The number of carbonyl (C=O) groups is 2. The number of hydrogen-bond acceptors (Lipinski definition) is 4. The molecule has 0 aliphatic heterocycles. The molecule has 0 aromatic heterocycles. The Morgan fingerprint density at radius 3 is 2.11 bits per heavy atom. The number of carbonyl (C=O) groups excluding carboxylic acids is 2. The van der Waals surface area contributed by atoms with Crippen molar-refractivity contribution in [2.45, 2.75) is 46.0 Å². The summed E-state index contributed by atoms with van der Waals surface area (Å²) in [6.07, 6.45) is 5.85. The van der Waals surface area contributed by atoms with E-state index in [9.17, 15) is 9.59 Å². The van der Waals surface area contributed by atoms with Crippen molar-refractivity contribution in [1.29, 1.82) is 0 Å². The van der Waals surface area contributed by atoms with Gasteiger partial charge in [0.25, 0.3) is 0 Å². The van der Waals surface area contributed by atoms with Crippen molar-refractivity contribution in [2.24, 2.45) is 5.92 Å². The van der Waals surface area contributed by atoms with Gasteiger partial charge in [0.15, 0.2) is 0 Å². The van der Waals surface area contributed by atoms with E-state index >= 15 is 0 Å². The molecule has 1 aliphatic rings. The van der Waals surface area contributed by atoms with Crippen LogP contribution >= 0.6 is 0 Å². The standard InChI is InChI=1S/C23H26O4/c1-16-12-17(2)14-19(13-16)27-23(25)21-11-7-6-10-20(21)22(24)26-15-18-8-4-3-5-9-18/h6-7,10-14,18H,3-5,8-9,15H2,1-2H3. The summed E-state index contributed by atoms with van der Waals surface area (Å²) in [6.45, 7) is 4.31. The predicted octanol–water partition coefficient (Wildman–Crippen LogP) is 5.26. The number of hydrogen-bond donors (Lipinski definition) is 0. The molecule has 0 spiro atoms. The number of aryl methyl sites for hydroxylation is 2. The molecule has 0 bridgehead atoms. The number of esters is 2. The van der Waals surface area contributed by atoms with Gasteiger partial charge in [-0.15, -0.1) is 0 Å². The van der Waals surface area contributed by atoms with Crippen molar-refractivity contribution < 1.29 is 19.1 Å². The smallest absolute Gasteiger partial charge is 0.344 e. The third-order valence-corrected chi connectivity index (χ3v) is 4.95. The van der Waals surface area contributed by atoms with E-state index in [0.29, 0.717) is 18.3 Å². The minimum Gasteiger partial charge on any atom is -0.462 e. The van der Waals surface area contributed by atoms with E-state index in [1.54, 1.807) is 36.4 Å². The molecule has 1 aliphatic carbocycles. The van der Waals surface area contributed by atoms with Gasteiger partial charge in [-0.3, -0.25) is 0 Å². The average molecular weight is 366 g/mol. The lowest BCUT2D eigenvalue weighted by Crippen LogP contribution is -2.19. The van der Waals surface area contributed by atoms with Gasteiger partial charge in [-0.05, 0) is 68.0 Å². The molecule has 1 saturated carbocycles. The third kappa shape index (κ3) is 5.19. The zero-order valence-electron chi connectivity index (χ0n) is 16.0. The first-order valence-corrected chi connectivity index (χ1v) is 9.59. The molecule has 0 heterocycles. The van der Waals surface area contributed by atoms with E-state index in [4.69, 9.17) is 9.47 Å². The number of benzene rings is 2. The van der Waals surface area contributed by atoms with Gasteiger partial charge in [-0.1, -0.05) is 37.5 Å². The van der Waals surface area contributed by atoms with Crippen molar-refractivity contribution in [3.05, 3.63) is 64.7 Å². The molecule has 0 radical (unpaired) electrons. The molecule has 2 aromatic rings. The minimum absolute atomic E-state index is 0.227. The van der Waals surface area contributed by atoms with Crippen LogP contribution in [0.25, 0.3) is 0 Å². The molecule has 27 heavy (non-hydrogen) atoms. The first-order chi connectivity index (χ1) is 13.0. The van der Waals surface area contributed by atoms with Gasteiger partial charge in [0.05, 0.1) is 17.7 Å². The normalized spacial score (nSPS) is 14.6. The summed E-state index contributed by atoms with van der Waals surface area (Å²) in [7, 11) is 0. The highest BCUT2D eigenvalue weighted by Gasteiger charge is 2.21. The molecular formula is C23H26O4. The maximum atomic E-state index is 12.6. The molecule has 0 saturated heterocycles. The molecule has 0 atom stereocenters. The van der Waals surface area contributed by atoms with Crippen molar-refractivity contribution in [2.75, 3.05) is 6.61 Å². The Hall–Kier alpha value is -2.62. The van der Waals surface area contributed by atoms with E-state index in [0.717, 1.165) is 24.0 Å². The zero-order valence-corrected chi connectivity index (χ0v) is 16.0. The van der Waals surface area contributed by atoms with Crippen molar-refractivity contribution in [1.82, 2.24) is 0 Å². The highest BCUT2D eigenvalue weighted by Crippen LogP contribution is 2.24. The third-order valence-electron chi connectivity index (χ3n) is 4.95. The van der Waals surface area contributed by atoms with Gasteiger partial charge >= 0.3 is 11.9 Å². The molecule has 3 rings (SSSR count). The van der Waals surface area contributed by atoms with E-state index in [-0.39, 0.29) is 11.1 Å². The van der Waals surface area contributed by atoms with E-state index in [2.05, 4.69) is 0 Å². The lowest BCUT2D eigenvalue weighted by molar-refractivity contribution is 0.0404. The van der Waals surface area contributed by atoms with Gasteiger partial charge in [-0.2, -0.15) is 0 Å². The fourth-order valence-electron chi connectivity index (χ4n) is 3.62. The van der Waals surface area contributed by atoms with Gasteiger partial charge in [-0.25, -0.2) is 9.59 Å². The maximum Gasteiger partial charge on any atom is 0.344 e. The molecule has 4 heteroatoms. The lowest BCUT2D eigenvalue weighted by Gasteiger charge is -2.21. The molecule has 0 N–H and O–H groups in total. The average Bonchev–Trinajstić information content (AvgIpc) is 2.66. The molecule has 4 nitrogen and oxygen atoms in total. The van der Waals surface area contributed by atoms with Crippen molar-refractivity contribution in [3.63, 3.8) is 0 Å². The van der Waals surface area contributed by atoms with Crippen LogP contribution in [0.3, 0.4) is 0 Å². The van der Waals surface area contributed by atoms with E-state index < -0.39 is 11.9 Å². The Morgan fingerprint density at radius 2 is 1.48 bits per heavy atom. The molecule has 142 valence electrons. The minimum atomic E-state index is -0.551. The Kier molecular flexibility index (Phi) is 6.28. The largest absolute Gasteiger partial charge is 0.462 e. The van der Waals surface area contributed by atoms with Gasteiger partial charge in [0, 0.05) is 0 Å². The highest BCUT2D eigenvalue weighted by molar-refractivity contribution is 6.03. The van der Waals surface area contributed by atoms with Crippen LogP contribution < -0.4 is 4.74 Å². The Bertz CT molecular complexity index is 799. The number of rotatable bonds is 5. The summed E-state index contributed by atoms with van der Waals surface area (Å²) in [5.74, 6) is -0.112. The van der Waals surface area contributed by atoms with Crippen molar-refractivity contribution in [3.8, 4) is 5.75 Å². The summed E-state index contributed by atoms with van der Waals surface area (Å²) in [5.41, 5.74) is 2.50. The van der Waals surface area contributed by atoms with Gasteiger partial charge < -0.3 is 9.47 Å². The molecule has 2 aromatic carbocycles. The van der Waals surface area contributed by atoms with Crippen LogP contribution in [0.2, 0.25) is 0 Å². The van der Waals surface area contributed by atoms with Crippen LogP contribution in [0.4, 0.5) is 0 Å². The van der Waals surface area contributed by atoms with Gasteiger partial charge in [0.1, 0.15) is 5.75 Å². The van der Waals surface area contributed by atoms with Crippen LogP contribution in [0, 0.1) is 19.8 Å². The summed E-state index contributed by atoms with van der Waals surface area (Å²) in [6, 6.07) is 12.3. The maximum absolute atomic E-state index is 12.6. The fraction of sp³-hybridized carbons (Fsp3) is 0.391. The molecule has 1 fully saturated rings. The molecule has 0 amide bonds. The Labute approximate surface area is 160 Å². The van der Waals surface area contributed by atoms with Crippen LogP contribution in [0.1, 0.15) is 63.9 Å².